The number of amides is 1. The number of fused-ring (bicyclic) bond motifs is 1. The molecule has 1 aliphatic rings. The van der Waals surface area contributed by atoms with E-state index in [2.05, 4.69) is 47.6 Å². The van der Waals surface area contributed by atoms with E-state index in [1.807, 2.05) is 6.07 Å². The van der Waals surface area contributed by atoms with Crippen LogP contribution in [0.4, 0.5) is 0 Å². The molecule has 2 aromatic carbocycles. The van der Waals surface area contributed by atoms with Crippen LogP contribution in [0.2, 0.25) is 0 Å². The highest BCUT2D eigenvalue weighted by Gasteiger charge is 2.19. The summed E-state index contributed by atoms with van der Waals surface area (Å²) < 4.78 is 2.32. The van der Waals surface area contributed by atoms with E-state index in [0.717, 1.165) is 18.7 Å². The van der Waals surface area contributed by atoms with Gasteiger partial charge >= 0.3 is 0 Å². The number of carbonyl (C=O) groups is 1. The third-order valence-electron chi connectivity index (χ3n) is 3.72. The molecule has 0 aliphatic carbocycles. The summed E-state index contributed by atoms with van der Waals surface area (Å²) in [5, 5.41) is 8.50. The maximum Gasteiger partial charge on any atom is 0.267 e. The molecule has 1 amide bonds. The van der Waals surface area contributed by atoms with Gasteiger partial charge in [-0.3, -0.25) is 10.0 Å². The van der Waals surface area contributed by atoms with Crippen molar-refractivity contribution in [3.63, 3.8) is 0 Å². The molecule has 0 radical (unpaired) electrons. The van der Waals surface area contributed by atoms with E-state index in [1.165, 1.54) is 27.7 Å². The van der Waals surface area contributed by atoms with Gasteiger partial charge in [0.05, 0.1) is 0 Å². The quantitative estimate of drug-likeness (QED) is 0.390. The molecule has 5 heteroatoms. The Morgan fingerprint density at radius 1 is 1.17 bits per heavy atom. The van der Waals surface area contributed by atoms with Crippen molar-refractivity contribution in [1.29, 1.82) is 0 Å². The summed E-state index contributed by atoms with van der Waals surface area (Å²) in [6, 6.07) is 14.7. The molecule has 4 nitrogen and oxygen atoms in total. The molecular weight excluding hydrogens is 308 g/mol. The fourth-order valence-electron chi connectivity index (χ4n) is 2.51. The fourth-order valence-corrected chi connectivity index (χ4v) is 3.47. The lowest BCUT2D eigenvalue weighted by molar-refractivity contribution is -0.124. The lowest BCUT2D eigenvalue weighted by Gasteiger charge is -2.13. The summed E-state index contributed by atoms with van der Waals surface area (Å²) in [6.45, 7) is 3.88. The summed E-state index contributed by atoms with van der Waals surface area (Å²) in [4.78, 5) is 12.3. The predicted octanol–water partition coefficient (Wildman–Crippen LogP) is 3.54. The molecule has 0 spiro atoms. The third kappa shape index (κ3) is 4.01. The van der Waals surface area contributed by atoms with Crippen LogP contribution in [0.5, 0.6) is 0 Å². The van der Waals surface area contributed by atoms with Crippen LogP contribution in [-0.2, 0) is 17.9 Å². The van der Waals surface area contributed by atoms with Gasteiger partial charge in [-0.25, -0.2) is 9.79 Å². The average molecular weight is 326 g/mol. The largest absolute Gasteiger partial charge is 0.288 e. The highest BCUT2D eigenvalue weighted by atomic mass is 32.2. The van der Waals surface area contributed by atoms with Gasteiger partial charge in [0, 0.05) is 24.1 Å². The first-order valence-corrected chi connectivity index (χ1v) is 8.15. The molecule has 0 fully saturated rings. The van der Waals surface area contributed by atoms with Crippen molar-refractivity contribution in [3.05, 3.63) is 70.8 Å². The van der Waals surface area contributed by atoms with E-state index < -0.39 is 5.91 Å². The van der Waals surface area contributed by atoms with Crippen LogP contribution in [0.15, 0.2) is 53.4 Å². The van der Waals surface area contributed by atoms with E-state index in [0.29, 0.717) is 0 Å². The zero-order chi connectivity index (χ0) is 16.2. The number of aryl methyl sites for hydroxylation is 1. The summed E-state index contributed by atoms with van der Waals surface area (Å²) in [7, 11) is 0. The van der Waals surface area contributed by atoms with Crippen molar-refractivity contribution in [2.45, 2.75) is 24.9 Å². The normalized spacial score (nSPS) is 14.2. The Bertz CT molecular complexity index is 741. The van der Waals surface area contributed by atoms with Crippen LogP contribution < -0.4 is 5.48 Å². The minimum Gasteiger partial charge on any atom is -0.288 e. The molecule has 0 unspecified atom stereocenters. The van der Waals surface area contributed by atoms with Crippen LogP contribution in [0.3, 0.4) is 0 Å². The first-order chi connectivity index (χ1) is 11.1. The topological polar surface area (TPSA) is 52.6 Å². The van der Waals surface area contributed by atoms with E-state index >= 15 is 0 Å². The predicted molar refractivity (Wildman–Crippen MR) is 91.7 cm³/mol. The molecule has 0 bridgehead atoms. The summed E-state index contributed by atoms with van der Waals surface area (Å²) in [5.41, 5.74) is 6.40. The first kappa shape index (κ1) is 15.8. The number of rotatable bonds is 4. The van der Waals surface area contributed by atoms with Gasteiger partial charge in [0.1, 0.15) is 0 Å². The van der Waals surface area contributed by atoms with Crippen LogP contribution in [0.1, 0.15) is 22.3 Å². The zero-order valence-electron chi connectivity index (χ0n) is 12.8. The SMILES string of the molecule is Cc1ccc(SN2Cc3ccc(/C=C/C(=O)NO)cc3C2)cc1. The standard InChI is InChI=1S/C18H18N2O2S/c1-13-2-7-17(8-3-13)23-20-11-15-6-4-14(10-16(15)12-20)5-9-18(21)19-22/h2-10,22H,11-12H2,1H3,(H,19,21)/b9-5+. The van der Waals surface area contributed by atoms with Crippen LogP contribution in [0.25, 0.3) is 6.08 Å². The van der Waals surface area contributed by atoms with Gasteiger partial charge in [0.25, 0.3) is 5.91 Å². The number of hydrogen-bond donors (Lipinski definition) is 2. The monoisotopic (exact) mass is 326 g/mol. The highest BCUT2D eigenvalue weighted by Crippen LogP contribution is 2.33. The van der Waals surface area contributed by atoms with E-state index in [4.69, 9.17) is 5.21 Å². The molecule has 0 saturated heterocycles. The van der Waals surface area contributed by atoms with Gasteiger partial charge in [0.15, 0.2) is 0 Å². The molecule has 2 N–H and O–H groups in total. The number of carbonyl (C=O) groups excluding carboxylic acids is 1. The molecule has 0 atom stereocenters. The second-order valence-electron chi connectivity index (χ2n) is 5.54. The van der Waals surface area contributed by atoms with E-state index in [1.54, 1.807) is 23.5 Å². The minimum atomic E-state index is -0.526. The fraction of sp³-hybridized carbons (Fsp3) is 0.167. The Morgan fingerprint density at radius 3 is 2.65 bits per heavy atom. The Kier molecular flexibility index (Phi) is 4.81. The van der Waals surface area contributed by atoms with E-state index in [-0.39, 0.29) is 0 Å². The van der Waals surface area contributed by atoms with E-state index in [9.17, 15) is 4.79 Å². The molecule has 1 heterocycles. The van der Waals surface area contributed by atoms with Gasteiger partial charge in [-0.15, -0.1) is 0 Å². The van der Waals surface area contributed by atoms with Gasteiger partial charge in [-0.05, 0) is 53.8 Å². The summed E-state index contributed by atoms with van der Waals surface area (Å²) in [5.74, 6) is -0.526. The lowest BCUT2D eigenvalue weighted by Crippen LogP contribution is -2.14. The van der Waals surface area contributed by atoms with Crippen molar-refractivity contribution in [2.24, 2.45) is 0 Å². The Morgan fingerprint density at radius 2 is 1.91 bits per heavy atom. The van der Waals surface area contributed by atoms with Crippen LogP contribution in [0, 0.1) is 6.92 Å². The van der Waals surface area contributed by atoms with Gasteiger partial charge in [0.2, 0.25) is 0 Å². The second kappa shape index (κ2) is 7.00. The zero-order valence-corrected chi connectivity index (χ0v) is 13.6. The smallest absolute Gasteiger partial charge is 0.267 e. The number of hydrogen-bond acceptors (Lipinski definition) is 4. The highest BCUT2D eigenvalue weighted by molar-refractivity contribution is 7.97. The number of nitrogens with zero attached hydrogens (tertiary/aromatic N) is 1. The molecule has 2 aromatic rings. The molecule has 3 rings (SSSR count). The summed E-state index contributed by atoms with van der Waals surface area (Å²) >= 11 is 1.76. The molecule has 1 aliphatic heterocycles. The number of hydroxylamine groups is 1. The van der Waals surface area contributed by atoms with Crippen LogP contribution in [-0.4, -0.2) is 15.4 Å². The van der Waals surface area contributed by atoms with Crippen LogP contribution >= 0.6 is 11.9 Å². The van der Waals surface area contributed by atoms with Gasteiger partial charge < -0.3 is 0 Å². The van der Waals surface area contributed by atoms with Crippen molar-refractivity contribution < 1.29 is 10.0 Å². The Balaban J connectivity index is 1.67. The second-order valence-corrected chi connectivity index (χ2v) is 6.71. The maximum absolute atomic E-state index is 11.0. The maximum atomic E-state index is 11.0. The van der Waals surface area contributed by atoms with Crippen molar-refractivity contribution in [2.75, 3.05) is 0 Å². The first-order valence-electron chi connectivity index (χ1n) is 7.37. The molecular formula is C18H18N2O2S. The lowest BCUT2D eigenvalue weighted by atomic mass is 10.1. The van der Waals surface area contributed by atoms with Crippen molar-refractivity contribution in [3.8, 4) is 0 Å². The third-order valence-corrected chi connectivity index (χ3v) is 4.72. The molecule has 0 aromatic heterocycles. The van der Waals surface area contributed by atoms with Gasteiger partial charge in [-0.1, -0.05) is 35.9 Å². The summed E-state index contributed by atoms with van der Waals surface area (Å²) in [6.07, 6.45) is 3.01. The number of nitrogens with one attached hydrogen (secondary N) is 1. The molecule has 118 valence electrons. The Labute approximate surface area is 139 Å². The van der Waals surface area contributed by atoms with Crippen molar-refractivity contribution >= 4 is 23.9 Å². The Hall–Kier alpha value is -2.08. The van der Waals surface area contributed by atoms with Crippen molar-refractivity contribution in [1.82, 2.24) is 9.79 Å². The van der Waals surface area contributed by atoms with Gasteiger partial charge in [-0.2, -0.15) is 0 Å². The average Bonchev–Trinajstić information content (AvgIpc) is 2.96. The molecule has 0 saturated carbocycles. The molecule has 23 heavy (non-hydrogen) atoms. The minimum absolute atomic E-state index is 0.526. The number of benzene rings is 2.